The molecule has 1 saturated heterocycles. The molecule has 0 radical (unpaired) electrons. The molecule has 1 rings (SSSR count). The SMILES string of the molecule is CCOCCC(=O)N1CC(C)(C)[C@](C)(O)C1. The molecule has 0 saturated carbocycles. The van der Waals surface area contributed by atoms with Crippen molar-refractivity contribution >= 4 is 5.91 Å². The van der Waals surface area contributed by atoms with Gasteiger partial charge < -0.3 is 14.7 Å². The summed E-state index contributed by atoms with van der Waals surface area (Å²) in [4.78, 5) is 13.6. The predicted molar refractivity (Wildman–Crippen MR) is 62.1 cm³/mol. The van der Waals surface area contributed by atoms with Crippen LogP contribution in [0.15, 0.2) is 0 Å². The Morgan fingerprint density at radius 1 is 1.38 bits per heavy atom. The maximum absolute atomic E-state index is 11.8. The van der Waals surface area contributed by atoms with E-state index in [9.17, 15) is 9.90 Å². The van der Waals surface area contributed by atoms with Crippen molar-refractivity contribution in [1.29, 1.82) is 0 Å². The van der Waals surface area contributed by atoms with Gasteiger partial charge in [-0.25, -0.2) is 0 Å². The second-order valence-corrected chi connectivity index (χ2v) is 5.35. The van der Waals surface area contributed by atoms with Gasteiger partial charge in [0.25, 0.3) is 0 Å². The van der Waals surface area contributed by atoms with E-state index in [1.54, 1.807) is 11.8 Å². The summed E-state index contributed by atoms with van der Waals surface area (Å²) in [5.74, 6) is 0.0688. The van der Waals surface area contributed by atoms with Gasteiger partial charge in [0, 0.05) is 25.1 Å². The average Bonchev–Trinajstić information content (AvgIpc) is 2.36. The minimum absolute atomic E-state index is 0.0688. The van der Waals surface area contributed by atoms with Crippen molar-refractivity contribution in [1.82, 2.24) is 4.90 Å². The Bertz CT molecular complexity index is 245. The van der Waals surface area contributed by atoms with Gasteiger partial charge in [0.15, 0.2) is 0 Å². The molecule has 0 aromatic rings. The molecule has 4 nitrogen and oxygen atoms in total. The van der Waals surface area contributed by atoms with Gasteiger partial charge in [-0.2, -0.15) is 0 Å². The standard InChI is InChI=1S/C12H23NO3/c1-5-16-7-6-10(14)13-8-11(2,3)12(4,15)9-13/h15H,5-9H2,1-4H3/t12-/m1/s1. The van der Waals surface area contributed by atoms with Crippen LogP contribution in [0.3, 0.4) is 0 Å². The van der Waals surface area contributed by atoms with E-state index in [1.165, 1.54) is 0 Å². The first-order valence-electron chi connectivity index (χ1n) is 5.88. The van der Waals surface area contributed by atoms with E-state index in [4.69, 9.17) is 4.74 Å². The molecule has 16 heavy (non-hydrogen) atoms. The van der Waals surface area contributed by atoms with E-state index in [2.05, 4.69) is 0 Å². The quantitative estimate of drug-likeness (QED) is 0.733. The third-order valence-electron chi connectivity index (χ3n) is 3.56. The van der Waals surface area contributed by atoms with Crippen molar-refractivity contribution < 1.29 is 14.6 Å². The van der Waals surface area contributed by atoms with Crippen LogP contribution < -0.4 is 0 Å². The normalized spacial score (nSPS) is 28.4. The van der Waals surface area contributed by atoms with Crippen LogP contribution in [0.2, 0.25) is 0 Å². The molecule has 0 aromatic carbocycles. The van der Waals surface area contributed by atoms with E-state index in [0.29, 0.717) is 32.7 Å². The zero-order valence-electron chi connectivity index (χ0n) is 10.7. The highest BCUT2D eigenvalue weighted by Crippen LogP contribution is 2.38. The maximum atomic E-state index is 11.8. The third-order valence-corrected chi connectivity index (χ3v) is 3.56. The van der Waals surface area contributed by atoms with Crippen LogP contribution in [-0.2, 0) is 9.53 Å². The summed E-state index contributed by atoms with van der Waals surface area (Å²) < 4.78 is 5.16. The zero-order chi connectivity index (χ0) is 12.4. The molecule has 1 heterocycles. The van der Waals surface area contributed by atoms with Gasteiger partial charge in [-0.05, 0) is 13.8 Å². The number of carbonyl (C=O) groups excluding carboxylic acids is 1. The van der Waals surface area contributed by atoms with Crippen molar-refractivity contribution in [3.8, 4) is 0 Å². The number of hydrogen-bond acceptors (Lipinski definition) is 3. The fourth-order valence-electron chi connectivity index (χ4n) is 1.93. The monoisotopic (exact) mass is 229 g/mol. The maximum Gasteiger partial charge on any atom is 0.225 e. The number of rotatable bonds is 4. The summed E-state index contributed by atoms with van der Waals surface area (Å²) in [7, 11) is 0. The minimum Gasteiger partial charge on any atom is -0.388 e. The van der Waals surface area contributed by atoms with Crippen molar-refractivity contribution in [2.24, 2.45) is 5.41 Å². The van der Waals surface area contributed by atoms with Crippen LogP contribution in [0.1, 0.15) is 34.1 Å². The minimum atomic E-state index is -0.797. The number of hydrogen-bond donors (Lipinski definition) is 1. The summed E-state index contributed by atoms with van der Waals surface area (Å²) in [6, 6.07) is 0. The van der Waals surface area contributed by atoms with Crippen LogP contribution in [-0.4, -0.2) is 47.8 Å². The van der Waals surface area contributed by atoms with E-state index < -0.39 is 5.60 Å². The van der Waals surface area contributed by atoms with Crippen LogP contribution in [0, 0.1) is 5.41 Å². The Kier molecular flexibility index (Phi) is 3.97. The first kappa shape index (κ1) is 13.5. The highest BCUT2D eigenvalue weighted by Gasteiger charge is 2.48. The molecule has 1 atom stereocenters. The van der Waals surface area contributed by atoms with Crippen molar-refractivity contribution in [3.05, 3.63) is 0 Å². The summed E-state index contributed by atoms with van der Waals surface area (Å²) in [6.45, 7) is 9.82. The fourth-order valence-corrected chi connectivity index (χ4v) is 1.93. The molecule has 94 valence electrons. The van der Waals surface area contributed by atoms with Crippen molar-refractivity contribution in [2.45, 2.75) is 39.7 Å². The Morgan fingerprint density at radius 2 is 2.00 bits per heavy atom. The number of nitrogens with zero attached hydrogens (tertiary/aromatic N) is 1. The van der Waals surface area contributed by atoms with Crippen molar-refractivity contribution in [2.75, 3.05) is 26.3 Å². The van der Waals surface area contributed by atoms with E-state index >= 15 is 0 Å². The van der Waals surface area contributed by atoms with Gasteiger partial charge in [-0.3, -0.25) is 4.79 Å². The number of ether oxygens (including phenoxy) is 1. The molecule has 1 amide bonds. The molecule has 0 spiro atoms. The lowest BCUT2D eigenvalue weighted by atomic mass is 9.79. The molecule has 1 aliphatic rings. The Morgan fingerprint density at radius 3 is 2.44 bits per heavy atom. The largest absolute Gasteiger partial charge is 0.388 e. The first-order chi connectivity index (χ1) is 7.30. The lowest BCUT2D eigenvalue weighted by Gasteiger charge is -2.30. The van der Waals surface area contributed by atoms with E-state index in [1.807, 2.05) is 20.8 Å². The van der Waals surface area contributed by atoms with E-state index in [0.717, 1.165) is 0 Å². The lowest BCUT2D eigenvalue weighted by Crippen LogP contribution is -2.40. The summed E-state index contributed by atoms with van der Waals surface area (Å²) in [6.07, 6.45) is 0.403. The highest BCUT2D eigenvalue weighted by atomic mass is 16.5. The van der Waals surface area contributed by atoms with Crippen molar-refractivity contribution in [3.63, 3.8) is 0 Å². The van der Waals surface area contributed by atoms with Gasteiger partial charge >= 0.3 is 0 Å². The molecule has 1 N–H and O–H groups in total. The number of carbonyl (C=O) groups is 1. The predicted octanol–water partition coefficient (Wildman–Crippen LogP) is 1.03. The number of likely N-dealkylation sites (tertiary alicyclic amines) is 1. The van der Waals surface area contributed by atoms with Gasteiger partial charge in [-0.1, -0.05) is 13.8 Å². The Balaban J connectivity index is 2.49. The van der Waals surface area contributed by atoms with Crippen LogP contribution in [0.4, 0.5) is 0 Å². The molecule has 0 aromatic heterocycles. The number of β-amino-alcohol motifs (C(OH)–C–C–N with tert-alkyl or cyclic N) is 1. The highest BCUT2D eigenvalue weighted by molar-refractivity contribution is 5.76. The molecule has 1 fully saturated rings. The second kappa shape index (κ2) is 4.72. The fraction of sp³-hybridized carbons (Fsp3) is 0.917. The molecular formula is C12H23NO3. The van der Waals surface area contributed by atoms with Crippen LogP contribution >= 0.6 is 0 Å². The average molecular weight is 229 g/mol. The third kappa shape index (κ3) is 2.74. The summed E-state index contributed by atoms with van der Waals surface area (Å²) in [5.41, 5.74) is -1.04. The molecule has 0 bridgehead atoms. The van der Waals surface area contributed by atoms with E-state index in [-0.39, 0.29) is 11.3 Å². The topological polar surface area (TPSA) is 49.8 Å². The van der Waals surface area contributed by atoms with Gasteiger partial charge in [0.1, 0.15) is 0 Å². The second-order valence-electron chi connectivity index (χ2n) is 5.35. The molecule has 0 aliphatic carbocycles. The number of amides is 1. The van der Waals surface area contributed by atoms with Gasteiger partial charge in [0.05, 0.1) is 18.6 Å². The molecule has 1 aliphatic heterocycles. The van der Waals surface area contributed by atoms with Crippen LogP contribution in [0.25, 0.3) is 0 Å². The summed E-state index contributed by atoms with van der Waals surface area (Å²) >= 11 is 0. The zero-order valence-corrected chi connectivity index (χ0v) is 10.7. The smallest absolute Gasteiger partial charge is 0.225 e. The first-order valence-corrected chi connectivity index (χ1v) is 5.88. The number of aliphatic hydroxyl groups is 1. The Hall–Kier alpha value is -0.610. The molecule has 0 unspecified atom stereocenters. The van der Waals surface area contributed by atoms with Gasteiger partial charge in [-0.15, -0.1) is 0 Å². The molecule has 4 heteroatoms. The van der Waals surface area contributed by atoms with Crippen LogP contribution in [0.5, 0.6) is 0 Å². The molecular weight excluding hydrogens is 206 g/mol. The van der Waals surface area contributed by atoms with Gasteiger partial charge in [0.2, 0.25) is 5.91 Å². The lowest BCUT2D eigenvalue weighted by molar-refractivity contribution is -0.132. The summed E-state index contributed by atoms with van der Waals surface area (Å²) in [5, 5.41) is 10.2. The Labute approximate surface area is 97.6 Å².